The van der Waals surface area contributed by atoms with Crippen molar-refractivity contribution in [3.63, 3.8) is 0 Å². The number of amides is 1. The van der Waals surface area contributed by atoms with Crippen molar-refractivity contribution in [2.75, 3.05) is 5.32 Å². The maximum Gasteiger partial charge on any atom is 0.339 e. The molecule has 4 rings (SSSR count). The van der Waals surface area contributed by atoms with Gasteiger partial charge < -0.3 is 10.4 Å². The fourth-order valence-corrected chi connectivity index (χ4v) is 5.38. The number of nitrogens with one attached hydrogen (secondary N) is 1. The number of aromatic carboxylic acids is 1. The van der Waals surface area contributed by atoms with Crippen molar-refractivity contribution >= 4 is 57.2 Å². The molecule has 1 atom stereocenters. The van der Waals surface area contributed by atoms with Crippen molar-refractivity contribution in [1.82, 2.24) is 0 Å². The zero-order valence-corrected chi connectivity index (χ0v) is 17.3. The van der Waals surface area contributed by atoms with E-state index in [9.17, 15) is 14.7 Å². The molecule has 2 aromatic heterocycles. The quantitative estimate of drug-likeness (QED) is 0.531. The Labute approximate surface area is 175 Å². The van der Waals surface area contributed by atoms with E-state index in [1.807, 2.05) is 24.4 Å². The fraction of sp³-hybridized carbons (Fsp3) is 0.143. The number of thiophene rings is 2. The van der Waals surface area contributed by atoms with Crippen LogP contribution in [0, 0.1) is 5.92 Å². The summed E-state index contributed by atoms with van der Waals surface area (Å²) in [6.07, 6.45) is 2.72. The first-order chi connectivity index (χ1) is 13.4. The van der Waals surface area contributed by atoms with Crippen LogP contribution in [-0.2, 0) is 11.2 Å². The number of carbonyl (C=O) groups is 2. The Morgan fingerprint density at radius 3 is 2.64 bits per heavy atom. The number of carboxylic acid groups (broad SMARTS) is 1. The van der Waals surface area contributed by atoms with Crippen LogP contribution in [0.5, 0.6) is 0 Å². The second-order valence-corrected chi connectivity index (χ2v) is 8.94. The molecule has 3 aromatic rings. The van der Waals surface area contributed by atoms with Gasteiger partial charge in [0, 0.05) is 26.4 Å². The van der Waals surface area contributed by atoms with Crippen LogP contribution in [0.2, 0.25) is 5.02 Å². The number of carboxylic acids is 1. The molecule has 0 saturated heterocycles. The highest BCUT2D eigenvalue weighted by molar-refractivity contribution is 7.15. The average Bonchev–Trinajstić information content (AvgIpc) is 3.28. The number of hydrogen-bond donors (Lipinski definition) is 2. The molecule has 1 aliphatic carbocycles. The second kappa shape index (κ2) is 7.54. The zero-order valence-electron chi connectivity index (χ0n) is 14.9. The first kappa shape index (κ1) is 18.9. The molecule has 0 saturated carbocycles. The van der Waals surface area contributed by atoms with E-state index in [-0.39, 0.29) is 17.4 Å². The Balaban J connectivity index is 1.66. The Morgan fingerprint density at radius 1 is 1.18 bits per heavy atom. The third kappa shape index (κ3) is 3.51. The van der Waals surface area contributed by atoms with Crippen LogP contribution < -0.4 is 5.32 Å². The minimum Gasteiger partial charge on any atom is -0.478 e. The van der Waals surface area contributed by atoms with Gasteiger partial charge in [-0.15, -0.1) is 22.7 Å². The van der Waals surface area contributed by atoms with E-state index >= 15 is 0 Å². The molecule has 7 heteroatoms. The Hall–Kier alpha value is -2.41. The van der Waals surface area contributed by atoms with E-state index in [1.165, 1.54) is 16.2 Å². The minimum atomic E-state index is -1.08. The molecule has 2 N–H and O–H groups in total. The molecule has 1 aliphatic rings. The number of anilines is 1. The lowest BCUT2D eigenvalue weighted by atomic mass is 9.88. The van der Waals surface area contributed by atoms with Crippen LogP contribution in [0.1, 0.15) is 27.7 Å². The summed E-state index contributed by atoms with van der Waals surface area (Å²) < 4.78 is 0. The van der Waals surface area contributed by atoms with Gasteiger partial charge in [-0.05, 0) is 53.1 Å². The molecular formula is C21H16ClNO3S2. The van der Waals surface area contributed by atoms with Crippen molar-refractivity contribution in [3.8, 4) is 11.1 Å². The van der Waals surface area contributed by atoms with Crippen molar-refractivity contribution in [2.45, 2.75) is 13.3 Å². The predicted molar refractivity (Wildman–Crippen MR) is 116 cm³/mol. The van der Waals surface area contributed by atoms with E-state index in [1.54, 1.807) is 41.0 Å². The number of carbonyl (C=O) groups excluding carboxylic acids is 1. The number of hydrogen-bond acceptors (Lipinski definition) is 4. The van der Waals surface area contributed by atoms with Gasteiger partial charge in [0.15, 0.2) is 0 Å². The van der Waals surface area contributed by atoms with Crippen LogP contribution in [0.3, 0.4) is 0 Å². The lowest BCUT2D eigenvalue weighted by molar-refractivity contribution is -0.113. The number of benzene rings is 1. The molecule has 28 heavy (non-hydrogen) atoms. The van der Waals surface area contributed by atoms with Crippen molar-refractivity contribution < 1.29 is 14.7 Å². The molecule has 1 aromatic carbocycles. The number of rotatable bonds is 4. The van der Waals surface area contributed by atoms with Gasteiger partial charge in [-0.1, -0.05) is 30.7 Å². The minimum absolute atomic E-state index is 0.0788. The molecule has 142 valence electrons. The van der Waals surface area contributed by atoms with Gasteiger partial charge >= 0.3 is 5.97 Å². The van der Waals surface area contributed by atoms with Crippen LogP contribution in [0.15, 0.2) is 46.7 Å². The van der Waals surface area contributed by atoms with Gasteiger partial charge in [-0.25, -0.2) is 4.79 Å². The van der Waals surface area contributed by atoms with Gasteiger partial charge in [0.25, 0.3) is 5.91 Å². The summed E-state index contributed by atoms with van der Waals surface area (Å²) in [5.74, 6) is -1.25. The average molecular weight is 430 g/mol. The van der Waals surface area contributed by atoms with Gasteiger partial charge in [-0.3, -0.25) is 4.79 Å². The largest absolute Gasteiger partial charge is 0.478 e. The normalized spacial score (nSPS) is 15.6. The highest BCUT2D eigenvalue weighted by atomic mass is 35.5. The maximum atomic E-state index is 12.9. The summed E-state index contributed by atoms with van der Waals surface area (Å²) >= 11 is 8.83. The van der Waals surface area contributed by atoms with E-state index in [0.717, 1.165) is 17.5 Å². The maximum absolute atomic E-state index is 12.9. The fourth-order valence-electron chi connectivity index (χ4n) is 3.31. The summed E-state index contributed by atoms with van der Waals surface area (Å²) in [5.41, 5.74) is 3.14. The van der Waals surface area contributed by atoms with E-state index < -0.39 is 5.97 Å². The lowest BCUT2D eigenvalue weighted by Crippen LogP contribution is -2.22. The monoisotopic (exact) mass is 429 g/mol. The molecule has 0 bridgehead atoms. The van der Waals surface area contributed by atoms with Gasteiger partial charge in [0.05, 0.1) is 0 Å². The third-order valence-corrected chi connectivity index (χ3v) is 6.87. The Kier molecular flexibility index (Phi) is 5.10. The van der Waals surface area contributed by atoms with Crippen molar-refractivity contribution in [3.05, 3.63) is 67.7 Å². The van der Waals surface area contributed by atoms with Crippen molar-refractivity contribution in [1.29, 1.82) is 0 Å². The molecule has 1 unspecified atom stereocenters. The molecule has 0 fully saturated rings. The zero-order chi connectivity index (χ0) is 19.8. The highest BCUT2D eigenvalue weighted by Crippen LogP contribution is 2.37. The summed E-state index contributed by atoms with van der Waals surface area (Å²) in [6.45, 7) is 2.01. The predicted octanol–water partition coefficient (Wildman–Crippen LogP) is 6.04. The van der Waals surface area contributed by atoms with E-state index in [2.05, 4.69) is 5.32 Å². The van der Waals surface area contributed by atoms with Crippen LogP contribution >= 0.6 is 34.3 Å². The van der Waals surface area contributed by atoms with Crippen LogP contribution in [0.25, 0.3) is 17.2 Å². The van der Waals surface area contributed by atoms with Crippen LogP contribution in [-0.4, -0.2) is 17.0 Å². The Morgan fingerprint density at radius 2 is 1.93 bits per heavy atom. The van der Waals surface area contributed by atoms with Gasteiger partial charge in [0.1, 0.15) is 10.6 Å². The second-order valence-electron chi connectivity index (χ2n) is 6.62. The SMILES string of the molecule is CC1Cc2sccc2C=C1C(=O)Nc1scc(-c2ccc(Cl)cc2)c1C(=O)O. The smallest absolute Gasteiger partial charge is 0.339 e. The molecule has 0 radical (unpaired) electrons. The standard InChI is InChI=1S/C21H16ClNO3S2/c1-11-8-17-13(6-7-27-17)9-15(11)19(24)23-20-18(21(25)26)16(10-28-20)12-2-4-14(22)5-3-12/h2-7,9-11H,8H2,1H3,(H,23,24)(H,25,26). The Bertz CT molecular complexity index is 1100. The summed E-state index contributed by atoms with van der Waals surface area (Å²) in [5, 5.41) is 17.3. The molecule has 1 amide bonds. The molecule has 2 heterocycles. The number of halogens is 1. The first-order valence-electron chi connectivity index (χ1n) is 8.64. The van der Waals surface area contributed by atoms with E-state index in [0.29, 0.717) is 21.2 Å². The lowest BCUT2D eigenvalue weighted by Gasteiger charge is -2.20. The molecule has 4 nitrogen and oxygen atoms in total. The summed E-state index contributed by atoms with van der Waals surface area (Å²) in [7, 11) is 0. The van der Waals surface area contributed by atoms with Gasteiger partial charge in [0.2, 0.25) is 0 Å². The molecular weight excluding hydrogens is 414 g/mol. The van der Waals surface area contributed by atoms with Crippen LogP contribution in [0.4, 0.5) is 5.00 Å². The highest BCUT2D eigenvalue weighted by Gasteiger charge is 2.26. The molecule has 0 aliphatic heterocycles. The molecule has 0 spiro atoms. The van der Waals surface area contributed by atoms with Crippen molar-refractivity contribution in [2.24, 2.45) is 5.92 Å². The third-order valence-electron chi connectivity index (χ3n) is 4.76. The van der Waals surface area contributed by atoms with E-state index in [4.69, 9.17) is 11.6 Å². The topological polar surface area (TPSA) is 66.4 Å². The summed E-state index contributed by atoms with van der Waals surface area (Å²) in [4.78, 5) is 26.1. The summed E-state index contributed by atoms with van der Waals surface area (Å²) in [6, 6.07) is 8.97. The first-order valence-corrected chi connectivity index (χ1v) is 10.8. The number of fused-ring (bicyclic) bond motifs is 1. The van der Waals surface area contributed by atoms with Gasteiger partial charge in [-0.2, -0.15) is 0 Å².